The number of thiazole rings is 2. The third-order valence-electron chi connectivity index (χ3n) is 5.45. The first-order valence-corrected chi connectivity index (χ1v) is 13.1. The number of rotatable bonds is 5. The normalized spacial score (nSPS) is 16.0. The van der Waals surface area contributed by atoms with Gasteiger partial charge in [-0.2, -0.15) is 0 Å². The van der Waals surface area contributed by atoms with E-state index in [4.69, 9.17) is 0 Å². The highest BCUT2D eigenvalue weighted by Gasteiger charge is 2.34. The first-order valence-electron chi connectivity index (χ1n) is 10.3. The molecule has 0 unspecified atom stereocenters. The van der Waals surface area contributed by atoms with E-state index in [0.717, 1.165) is 4.96 Å². The number of amides is 2. The molecule has 1 atom stereocenters. The fourth-order valence-electron chi connectivity index (χ4n) is 3.87. The van der Waals surface area contributed by atoms with Crippen LogP contribution in [0.1, 0.15) is 31.7 Å². The first-order chi connectivity index (χ1) is 15.9. The summed E-state index contributed by atoms with van der Waals surface area (Å²) in [5.74, 6) is 0.337. The molecular weight excluding hydrogens is 481 g/mol. The molecule has 1 saturated heterocycles. The van der Waals surface area contributed by atoms with Crippen LogP contribution in [0.15, 0.2) is 35.8 Å². The SMILES string of the molecule is Cc1nc(C(=O)N2CSC[C@H]2CNC(=O)c2c(C)nc3sccn23)c(-c2ccccc2F)s1. The summed E-state index contributed by atoms with van der Waals surface area (Å²) in [5.41, 5.74) is 1.81. The van der Waals surface area contributed by atoms with Crippen LogP contribution in [0.5, 0.6) is 0 Å². The van der Waals surface area contributed by atoms with Crippen LogP contribution >= 0.6 is 34.4 Å². The van der Waals surface area contributed by atoms with Gasteiger partial charge >= 0.3 is 0 Å². The summed E-state index contributed by atoms with van der Waals surface area (Å²) < 4.78 is 16.2. The molecule has 4 heterocycles. The molecule has 1 aromatic carbocycles. The predicted molar refractivity (Wildman–Crippen MR) is 130 cm³/mol. The van der Waals surface area contributed by atoms with Crippen LogP contribution in [0.25, 0.3) is 15.4 Å². The number of imidazole rings is 1. The van der Waals surface area contributed by atoms with E-state index >= 15 is 0 Å². The lowest BCUT2D eigenvalue weighted by Crippen LogP contribution is -2.44. The molecule has 1 fully saturated rings. The van der Waals surface area contributed by atoms with Crippen molar-refractivity contribution in [1.82, 2.24) is 24.6 Å². The molecule has 0 saturated carbocycles. The molecule has 4 aromatic rings. The number of carbonyl (C=O) groups is 2. The fraction of sp³-hybridized carbons (Fsp3) is 0.273. The minimum absolute atomic E-state index is 0.187. The van der Waals surface area contributed by atoms with E-state index in [1.165, 1.54) is 28.7 Å². The molecule has 0 aliphatic carbocycles. The molecule has 11 heteroatoms. The van der Waals surface area contributed by atoms with Crippen molar-refractivity contribution in [3.05, 3.63) is 63.7 Å². The van der Waals surface area contributed by atoms with E-state index in [-0.39, 0.29) is 29.4 Å². The smallest absolute Gasteiger partial charge is 0.275 e. The lowest BCUT2D eigenvalue weighted by atomic mass is 10.1. The zero-order chi connectivity index (χ0) is 23.1. The minimum atomic E-state index is -0.384. The van der Waals surface area contributed by atoms with Crippen molar-refractivity contribution >= 4 is 51.2 Å². The van der Waals surface area contributed by atoms with Crippen molar-refractivity contribution in [2.75, 3.05) is 18.2 Å². The summed E-state index contributed by atoms with van der Waals surface area (Å²) in [4.78, 5) is 38.2. The number of fused-ring (bicyclic) bond motifs is 1. The molecule has 0 bridgehead atoms. The third-order valence-corrected chi connectivity index (χ3v) is 8.29. The molecular formula is C22H20FN5O2S3. The number of nitrogens with one attached hydrogen (secondary N) is 1. The number of nitrogens with zero attached hydrogens (tertiary/aromatic N) is 4. The maximum atomic E-state index is 14.4. The van der Waals surface area contributed by atoms with E-state index in [1.54, 1.807) is 46.2 Å². The zero-order valence-electron chi connectivity index (χ0n) is 17.9. The monoisotopic (exact) mass is 501 g/mol. The van der Waals surface area contributed by atoms with Gasteiger partial charge in [-0.25, -0.2) is 14.4 Å². The maximum absolute atomic E-state index is 14.4. The van der Waals surface area contributed by atoms with E-state index in [1.807, 2.05) is 18.5 Å². The summed E-state index contributed by atoms with van der Waals surface area (Å²) in [5, 5.41) is 5.55. The average molecular weight is 502 g/mol. The van der Waals surface area contributed by atoms with Gasteiger partial charge in [-0.1, -0.05) is 18.2 Å². The van der Waals surface area contributed by atoms with Gasteiger partial charge < -0.3 is 10.2 Å². The highest BCUT2D eigenvalue weighted by Crippen LogP contribution is 2.34. The minimum Gasteiger partial charge on any atom is -0.349 e. The van der Waals surface area contributed by atoms with Crippen LogP contribution in [0.4, 0.5) is 4.39 Å². The maximum Gasteiger partial charge on any atom is 0.275 e. The summed E-state index contributed by atoms with van der Waals surface area (Å²) in [6.07, 6.45) is 1.82. The van der Waals surface area contributed by atoms with Crippen molar-refractivity contribution in [3.8, 4) is 10.4 Å². The van der Waals surface area contributed by atoms with Crippen LogP contribution in [0, 0.1) is 19.7 Å². The van der Waals surface area contributed by atoms with Crippen molar-refractivity contribution < 1.29 is 14.0 Å². The summed E-state index contributed by atoms with van der Waals surface area (Å²) in [6, 6.07) is 6.22. The second kappa shape index (κ2) is 8.88. The molecule has 7 nitrogen and oxygen atoms in total. The molecule has 3 aromatic heterocycles. The van der Waals surface area contributed by atoms with Gasteiger partial charge in [0.2, 0.25) is 0 Å². The Morgan fingerprint density at radius 1 is 1.24 bits per heavy atom. The van der Waals surface area contributed by atoms with Crippen molar-refractivity contribution in [3.63, 3.8) is 0 Å². The Balaban J connectivity index is 1.35. The van der Waals surface area contributed by atoms with E-state index < -0.39 is 0 Å². The molecule has 1 N–H and O–H groups in total. The largest absolute Gasteiger partial charge is 0.349 e. The molecule has 1 aliphatic rings. The number of carbonyl (C=O) groups excluding carboxylic acids is 2. The second-order valence-corrected chi connectivity index (χ2v) is 10.7. The van der Waals surface area contributed by atoms with E-state index in [9.17, 15) is 14.0 Å². The van der Waals surface area contributed by atoms with Crippen LogP contribution in [-0.4, -0.2) is 55.3 Å². The van der Waals surface area contributed by atoms with Crippen LogP contribution in [-0.2, 0) is 0 Å². The number of hydrogen-bond acceptors (Lipinski definition) is 7. The Morgan fingerprint density at radius 3 is 2.88 bits per heavy atom. The molecule has 2 amide bonds. The third kappa shape index (κ3) is 4.04. The second-order valence-electron chi connectivity index (χ2n) is 7.63. The summed E-state index contributed by atoms with van der Waals surface area (Å²) >= 11 is 4.40. The van der Waals surface area contributed by atoms with Gasteiger partial charge in [0.25, 0.3) is 11.8 Å². The molecule has 5 rings (SSSR count). The van der Waals surface area contributed by atoms with Crippen molar-refractivity contribution in [2.24, 2.45) is 0 Å². The predicted octanol–water partition coefficient (Wildman–Crippen LogP) is 4.22. The van der Waals surface area contributed by atoms with Gasteiger partial charge in [-0.05, 0) is 19.9 Å². The Bertz CT molecular complexity index is 1360. The number of benzene rings is 1. The van der Waals surface area contributed by atoms with Gasteiger partial charge in [-0.15, -0.1) is 34.4 Å². The fourth-order valence-corrected chi connectivity index (χ4v) is 6.77. The Morgan fingerprint density at radius 2 is 2.06 bits per heavy atom. The van der Waals surface area contributed by atoms with Gasteiger partial charge in [-0.3, -0.25) is 14.0 Å². The van der Waals surface area contributed by atoms with E-state index in [0.29, 0.717) is 45.0 Å². The molecule has 1 aliphatic heterocycles. The molecule has 33 heavy (non-hydrogen) atoms. The number of thioether (sulfide) groups is 1. The first kappa shape index (κ1) is 22.1. The summed E-state index contributed by atoms with van der Waals surface area (Å²) in [6.45, 7) is 3.93. The van der Waals surface area contributed by atoms with Gasteiger partial charge in [0, 0.05) is 29.4 Å². The lowest BCUT2D eigenvalue weighted by molar-refractivity contribution is 0.0731. The number of aromatic nitrogens is 3. The quantitative estimate of drug-likeness (QED) is 0.443. The van der Waals surface area contributed by atoms with Crippen LogP contribution in [0.3, 0.4) is 0 Å². The summed E-state index contributed by atoms with van der Waals surface area (Å²) in [7, 11) is 0. The number of aryl methyl sites for hydroxylation is 2. The lowest BCUT2D eigenvalue weighted by Gasteiger charge is -2.23. The van der Waals surface area contributed by atoms with Crippen molar-refractivity contribution in [2.45, 2.75) is 19.9 Å². The topological polar surface area (TPSA) is 79.6 Å². The molecule has 170 valence electrons. The highest BCUT2D eigenvalue weighted by atomic mass is 32.2. The Kier molecular flexibility index (Phi) is 5.94. The van der Waals surface area contributed by atoms with Gasteiger partial charge in [0.05, 0.1) is 27.5 Å². The Labute approximate surface area is 201 Å². The van der Waals surface area contributed by atoms with Crippen LogP contribution in [0.2, 0.25) is 0 Å². The van der Waals surface area contributed by atoms with Gasteiger partial charge in [0.15, 0.2) is 4.96 Å². The Hall–Kier alpha value is -2.76. The average Bonchev–Trinajstić information content (AvgIpc) is 3.56. The number of hydrogen-bond donors (Lipinski definition) is 1. The zero-order valence-corrected chi connectivity index (χ0v) is 20.3. The highest BCUT2D eigenvalue weighted by molar-refractivity contribution is 7.99. The standard InChI is InChI=1S/C22H20FN5O2S3/c1-12-18(27-7-8-32-22(27)25-12)20(29)24-9-14-10-31-11-28(14)21(30)17-19(33-13(2)26-17)15-5-3-4-6-16(15)23/h3-8,14H,9-11H2,1-2H3,(H,24,29)/t14-/m1/s1. The van der Waals surface area contributed by atoms with Gasteiger partial charge in [0.1, 0.15) is 17.2 Å². The molecule has 0 radical (unpaired) electrons. The number of halogens is 1. The van der Waals surface area contributed by atoms with E-state index in [2.05, 4.69) is 15.3 Å². The van der Waals surface area contributed by atoms with Crippen molar-refractivity contribution in [1.29, 1.82) is 0 Å². The van der Waals surface area contributed by atoms with Crippen LogP contribution < -0.4 is 5.32 Å². The molecule has 0 spiro atoms.